The SMILES string of the molecule is CCSCCCN1CCCCCC1CCl. The van der Waals surface area contributed by atoms with Gasteiger partial charge >= 0.3 is 0 Å². The van der Waals surface area contributed by atoms with Gasteiger partial charge in [-0.3, -0.25) is 4.90 Å². The highest BCUT2D eigenvalue weighted by atomic mass is 35.5. The van der Waals surface area contributed by atoms with E-state index in [4.69, 9.17) is 11.6 Å². The molecule has 1 rings (SSSR count). The summed E-state index contributed by atoms with van der Waals surface area (Å²) in [6.45, 7) is 4.76. The molecule has 0 amide bonds. The number of hydrogen-bond donors (Lipinski definition) is 0. The zero-order chi connectivity index (χ0) is 10.9. The van der Waals surface area contributed by atoms with Crippen LogP contribution in [0.4, 0.5) is 0 Å². The van der Waals surface area contributed by atoms with Crippen LogP contribution < -0.4 is 0 Å². The van der Waals surface area contributed by atoms with Crippen LogP contribution in [0, 0.1) is 0 Å². The summed E-state index contributed by atoms with van der Waals surface area (Å²) in [4.78, 5) is 2.62. The Morgan fingerprint density at radius 3 is 2.93 bits per heavy atom. The summed E-state index contributed by atoms with van der Waals surface area (Å²) in [6.07, 6.45) is 6.77. The summed E-state index contributed by atoms with van der Waals surface area (Å²) in [5.74, 6) is 3.38. The molecule has 1 saturated heterocycles. The number of halogens is 1. The Hall–Kier alpha value is 0.600. The molecule has 1 unspecified atom stereocenters. The van der Waals surface area contributed by atoms with Crippen LogP contribution in [0.2, 0.25) is 0 Å². The van der Waals surface area contributed by atoms with E-state index >= 15 is 0 Å². The van der Waals surface area contributed by atoms with E-state index in [-0.39, 0.29) is 0 Å². The minimum absolute atomic E-state index is 0.654. The number of thioether (sulfide) groups is 1. The molecule has 0 aliphatic carbocycles. The molecule has 1 atom stereocenters. The second-order valence-electron chi connectivity index (χ2n) is 4.24. The van der Waals surface area contributed by atoms with E-state index in [1.54, 1.807) is 0 Å². The van der Waals surface area contributed by atoms with Gasteiger partial charge in [0.1, 0.15) is 0 Å². The molecule has 1 aliphatic rings. The first-order chi connectivity index (χ1) is 7.38. The van der Waals surface area contributed by atoms with E-state index in [0.29, 0.717) is 6.04 Å². The average Bonchev–Trinajstić information content (AvgIpc) is 2.49. The normalized spacial score (nSPS) is 24.0. The molecule has 15 heavy (non-hydrogen) atoms. The van der Waals surface area contributed by atoms with Crippen molar-refractivity contribution in [1.29, 1.82) is 0 Å². The fourth-order valence-corrected chi connectivity index (χ4v) is 3.19. The molecular weight excluding hydrogens is 226 g/mol. The standard InChI is InChI=1S/C12H24ClNS/c1-2-15-10-6-9-14-8-5-3-4-7-12(14)11-13/h12H,2-11H2,1H3. The maximum absolute atomic E-state index is 6.04. The molecule has 0 N–H and O–H groups in total. The van der Waals surface area contributed by atoms with Crippen LogP contribution in [0.5, 0.6) is 0 Å². The van der Waals surface area contributed by atoms with Gasteiger partial charge in [-0.05, 0) is 43.9 Å². The molecule has 0 aromatic rings. The van der Waals surface area contributed by atoms with Crippen LogP contribution in [0.3, 0.4) is 0 Å². The van der Waals surface area contributed by atoms with Crippen molar-refractivity contribution in [2.45, 2.75) is 45.1 Å². The van der Waals surface area contributed by atoms with E-state index in [1.165, 1.54) is 56.7 Å². The van der Waals surface area contributed by atoms with Crippen LogP contribution >= 0.6 is 23.4 Å². The van der Waals surface area contributed by atoms with Crippen molar-refractivity contribution in [1.82, 2.24) is 4.90 Å². The number of nitrogens with zero attached hydrogens (tertiary/aromatic N) is 1. The lowest BCUT2D eigenvalue weighted by Gasteiger charge is -2.28. The van der Waals surface area contributed by atoms with Crippen LogP contribution in [0.1, 0.15) is 39.0 Å². The van der Waals surface area contributed by atoms with Gasteiger partial charge < -0.3 is 0 Å². The van der Waals surface area contributed by atoms with Crippen molar-refractivity contribution >= 4 is 23.4 Å². The second kappa shape index (κ2) is 8.72. The third kappa shape index (κ3) is 5.46. The fourth-order valence-electron chi connectivity index (χ4n) is 2.22. The largest absolute Gasteiger partial charge is 0.299 e. The van der Waals surface area contributed by atoms with Crippen LogP contribution in [0.15, 0.2) is 0 Å². The quantitative estimate of drug-likeness (QED) is 0.523. The van der Waals surface area contributed by atoms with Crippen LogP contribution in [-0.4, -0.2) is 41.4 Å². The van der Waals surface area contributed by atoms with Crippen molar-refractivity contribution in [2.75, 3.05) is 30.5 Å². The lowest BCUT2D eigenvalue weighted by atomic mass is 10.1. The molecule has 1 nitrogen and oxygen atoms in total. The van der Waals surface area contributed by atoms with Crippen LogP contribution in [0.25, 0.3) is 0 Å². The molecule has 3 heteroatoms. The summed E-state index contributed by atoms with van der Waals surface area (Å²) in [5.41, 5.74) is 0. The lowest BCUT2D eigenvalue weighted by molar-refractivity contribution is 0.217. The van der Waals surface area contributed by atoms with Gasteiger partial charge in [0.2, 0.25) is 0 Å². The summed E-state index contributed by atoms with van der Waals surface area (Å²) in [6, 6.07) is 0.654. The Balaban J connectivity index is 2.22. The Kier molecular flexibility index (Phi) is 7.94. The van der Waals surface area contributed by atoms with Gasteiger partial charge in [0.25, 0.3) is 0 Å². The highest BCUT2D eigenvalue weighted by Crippen LogP contribution is 2.18. The van der Waals surface area contributed by atoms with Gasteiger partial charge in [0.15, 0.2) is 0 Å². The smallest absolute Gasteiger partial charge is 0.0379 e. The molecule has 0 spiro atoms. The topological polar surface area (TPSA) is 3.24 Å². The number of likely N-dealkylation sites (tertiary alicyclic amines) is 1. The minimum atomic E-state index is 0.654. The molecule has 0 aromatic heterocycles. The van der Waals surface area contributed by atoms with Gasteiger partial charge in [-0.25, -0.2) is 0 Å². The van der Waals surface area contributed by atoms with Crippen molar-refractivity contribution in [3.8, 4) is 0 Å². The van der Waals surface area contributed by atoms with E-state index < -0.39 is 0 Å². The lowest BCUT2D eigenvalue weighted by Crippen LogP contribution is -2.37. The molecule has 0 bridgehead atoms. The molecular formula is C12H24ClNS. The predicted molar refractivity (Wildman–Crippen MR) is 72.2 cm³/mol. The molecule has 1 fully saturated rings. The molecule has 90 valence electrons. The average molecular weight is 250 g/mol. The van der Waals surface area contributed by atoms with Gasteiger partial charge in [0.05, 0.1) is 0 Å². The van der Waals surface area contributed by atoms with Crippen molar-refractivity contribution in [3.63, 3.8) is 0 Å². The van der Waals surface area contributed by atoms with Gasteiger partial charge in [-0.2, -0.15) is 11.8 Å². The van der Waals surface area contributed by atoms with Gasteiger partial charge in [-0.15, -0.1) is 11.6 Å². The Bertz CT molecular complexity index is 155. The molecule has 0 radical (unpaired) electrons. The molecule has 1 aliphatic heterocycles. The first-order valence-electron chi connectivity index (χ1n) is 6.26. The molecule has 0 aromatic carbocycles. The van der Waals surface area contributed by atoms with Crippen LogP contribution in [-0.2, 0) is 0 Å². The Morgan fingerprint density at radius 1 is 1.33 bits per heavy atom. The minimum Gasteiger partial charge on any atom is -0.299 e. The second-order valence-corrected chi connectivity index (χ2v) is 5.95. The van der Waals surface area contributed by atoms with E-state index in [9.17, 15) is 0 Å². The summed E-state index contributed by atoms with van der Waals surface area (Å²) in [7, 11) is 0. The first kappa shape index (κ1) is 13.7. The third-order valence-electron chi connectivity index (χ3n) is 3.12. The van der Waals surface area contributed by atoms with Crippen molar-refractivity contribution < 1.29 is 0 Å². The zero-order valence-electron chi connectivity index (χ0n) is 9.88. The maximum atomic E-state index is 6.04. The number of alkyl halides is 1. The third-order valence-corrected chi connectivity index (χ3v) is 4.46. The number of hydrogen-bond acceptors (Lipinski definition) is 2. The Morgan fingerprint density at radius 2 is 2.20 bits per heavy atom. The Labute approximate surface area is 104 Å². The molecule has 0 saturated carbocycles. The predicted octanol–water partition coefficient (Wildman–Crippen LogP) is 3.61. The fraction of sp³-hybridized carbons (Fsp3) is 1.00. The highest BCUT2D eigenvalue weighted by molar-refractivity contribution is 7.99. The highest BCUT2D eigenvalue weighted by Gasteiger charge is 2.19. The monoisotopic (exact) mass is 249 g/mol. The van der Waals surface area contributed by atoms with Crippen molar-refractivity contribution in [2.24, 2.45) is 0 Å². The zero-order valence-corrected chi connectivity index (χ0v) is 11.5. The maximum Gasteiger partial charge on any atom is 0.0379 e. The van der Waals surface area contributed by atoms with E-state index in [2.05, 4.69) is 23.6 Å². The summed E-state index contributed by atoms with van der Waals surface area (Å²) in [5, 5.41) is 0. The van der Waals surface area contributed by atoms with Crippen molar-refractivity contribution in [3.05, 3.63) is 0 Å². The summed E-state index contributed by atoms with van der Waals surface area (Å²) < 4.78 is 0. The van der Waals surface area contributed by atoms with E-state index in [0.717, 1.165) is 5.88 Å². The summed E-state index contributed by atoms with van der Waals surface area (Å²) >= 11 is 8.09. The van der Waals surface area contributed by atoms with E-state index in [1.807, 2.05) is 0 Å². The van der Waals surface area contributed by atoms with Gasteiger partial charge in [0, 0.05) is 11.9 Å². The first-order valence-corrected chi connectivity index (χ1v) is 7.95. The molecule has 1 heterocycles. The number of rotatable bonds is 6. The van der Waals surface area contributed by atoms with Gasteiger partial charge in [-0.1, -0.05) is 19.8 Å².